The van der Waals surface area contributed by atoms with Crippen molar-refractivity contribution in [3.8, 4) is 0 Å². The number of ether oxygens (including phenoxy) is 1. The maximum Gasteiger partial charge on any atom is 0.312 e. The predicted octanol–water partition coefficient (Wildman–Crippen LogP) is 3.56. The number of hydrogen-bond donors (Lipinski definition) is 2. The second kappa shape index (κ2) is 8.77. The molecule has 6 heteroatoms. The molecular formula is C17H23ClN2O3. The fourth-order valence-corrected chi connectivity index (χ4v) is 3.04. The first-order chi connectivity index (χ1) is 11.0. The van der Waals surface area contributed by atoms with Crippen LogP contribution in [0.1, 0.15) is 50.1 Å². The molecule has 0 heterocycles. The van der Waals surface area contributed by atoms with Crippen molar-refractivity contribution in [2.45, 2.75) is 44.6 Å². The average Bonchev–Trinajstić information content (AvgIpc) is 2.53. The molecule has 1 atom stereocenters. The Balaban J connectivity index is 1.89. The largest absolute Gasteiger partial charge is 0.465 e. The van der Waals surface area contributed by atoms with E-state index in [0.717, 1.165) is 18.4 Å². The van der Waals surface area contributed by atoms with Crippen LogP contribution in [-0.4, -0.2) is 18.6 Å². The Morgan fingerprint density at radius 2 is 1.87 bits per heavy atom. The number of urea groups is 1. The molecule has 2 amide bonds. The number of carbonyl (C=O) groups is 2. The molecule has 2 rings (SSSR count). The van der Waals surface area contributed by atoms with E-state index in [-0.39, 0.29) is 12.4 Å². The zero-order valence-electron chi connectivity index (χ0n) is 13.1. The van der Waals surface area contributed by atoms with Gasteiger partial charge in [0.2, 0.25) is 0 Å². The molecule has 1 aromatic rings. The minimum Gasteiger partial charge on any atom is -0.465 e. The van der Waals surface area contributed by atoms with Crippen LogP contribution in [-0.2, 0) is 9.53 Å². The number of hydrogen-bond acceptors (Lipinski definition) is 3. The van der Waals surface area contributed by atoms with Gasteiger partial charge in [-0.05, 0) is 36.5 Å². The quantitative estimate of drug-likeness (QED) is 0.778. The summed E-state index contributed by atoms with van der Waals surface area (Å²) in [5, 5.41) is 3.17. The monoisotopic (exact) mass is 338 g/mol. The van der Waals surface area contributed by atoms with E-state index < -0.39 is 12.1 Å². The van der Waals surface area contributed by atoms with Crippen molar-refractivity contribution < 1.29 is 14.3 Å². The number of halogens is 1. The molecule has 0 bridgehead atoms. The first kappa shape index (κ1) is 17.6. The average molecular weight is 339 g/mol. The Labute approximate surface area is 141 Å². The minimum atomic E-state index is -0.676. The van der Waals surface area contributed by atoms with Gasteiger partial charge in [-0.25, -0.2) is 4.79 Å². The van der Waals surface area contributed by atoms with Gasteiger partial charge in [-0.1, -0.05) is 43.0 Å². The second-order valence-corrected chi connectivity index (χ2v) is 6.44. The molecule has 0 saturated heterocycles. The minimum absolute atomic E-state index is 0.0529. The van der Waals surface area contributed by atoms with Crippen LogP contribution in [0, 0.1) is 5.92 Å². The first-order valence-electron chi connectivity index (χ1n) is 8.01. The smallest absolute Gasteiger partial charge is 0.312 e. The van der Waals surface area contributed by atoms with E-state index in [1.165, 1.54) is 19.3 Å². The lowest BCUT2D eigenvalue weighted by molar-refractivity contribution is -0.145. The van der Waals surface area contributed by atoms with E-state index in [1.807, 2.05) is 0 Å². The lowest BCUT2D eigenvalue weighted by atomic mass is 9.90. The molecule has 1 aliphatic rings. The molecule has 5 nitrogen and oxygen atoms in total. The van der Waals surface area contributed by atoms with Crippen molar-refractivity contribution in [3.63, 3.8) is 0 Å². The third kappa shape index (κ3) is 6.10. The van der Waals surface area contributed by atoms with Crippen molar-refractivity contribution >= 4 is 23.6 Å². The van der Waals surface area contributed by atoms with Gasteiger partial charge in [0, 0.05) is 5.02 Å². The molecule has 3 N–H and O–H groups in total. The van der Waals surface area contributed by atoms with Gasteiger partial charge in [0.15, 0.2) is 0 Å². The van der Waals surface area contributed by atoms with Gasteiger partial charge >= 0.3 is 12.0 Å². The molecule has 1 saturated carbocycles. The molecule has 126 valence electrons. The number of nitrogens with one attached hydrogen (secondary N) is 1. The van der Waals surface area contributed by atoms with Crippen LogP contribution in [0.3, 0.4) is 0 Å². The van der Waals surface area contributed by atoms with E-state index in [1.54, 1.807) is 24.3 Å². The lowest BCUT2D eigenvalue weighted by Crippen LogP contribution is -2.34. The van der Waals surface area contributed by atoms with Crippen molar-refractivity contribution in [2.24, 2.45) is 11.7 Å². The summed E-state index contributed by atoms with van der Waals surface area (Å²) in [5.74, 6) is 0.134. The van der Waals surface area contributed by atoms with E-state index in [2.05, 4.69) is 5.32 Å². The molecule has 0 spiro atoms. The summed E-state index contributed by atoms with van der Waals surface area (Å²) in [6, 6.07) is 5.75. The highest BCUT2D eigenvalue weighted by atomic mass is 35.5. The zero-order valence-corrected chi connectivity index (χ0v) is 13.8. The molecular weight excluding hydrogens is 316 g/mol. The third-order valence-electron chi connectivity index (χ3n) is 4.16. The first-order valence-corrected chi connectivity index (χ1v) is 8.39. The van der Waals surface area contributed by atoms with Crippen molar-refractivity contribution in [2.75, 3.05) is 6.61 Å². The topological polar surface area (TPSA) is 81.4 Å². The zero-order chi connectivity index (χ0) is 16.7. The van der Waals surface area contributed by atoms with Gasteiger partial charge in [-0.2, -0.15) is 0 Å². The maximum absolute atomic E-state index is 12.1. The van der Waals surface area contributed by atoms with Gasteiger partial charge in [0.1, 0.15) is 0 Å². The Bertz CT molecular complexity index is 527. The highest BCUT2D eigenvalue weighted by Crippen LogP contribution is 2.24. The second-order valence-electron chi connectivity index (χ2n) is 6.00. The molecule has 1 fully saturated rings. The third-order valence-corrected chi connectivity index (χ3v) is 4.42. The van der Waals surface area contributed by atoms with Crippen LogP contribution in [0.25, 0.3) is 0 Å². The van der Waals surface area contributed by atoms with Crippen LogP contribution in [0.4, 0.5) is 4.79 Å². The van der Waals surface area contributed by atoms with Crippen LogP contribution in [0.2, 0.25) is 5.02 Å². The Morgan fingerprint density at radius 1 is 1.22 bits per heavy atom. The summed E-state index contributed by atoms with van der Waals surface area (Å²) in [6.07, 6.45) is 5.97. The number of amides is 2. The van der Waals surface area contributed by atoms with Crippen LogP contribution in [0.15, 0.2) is 24.3 Å². The Kier molecular flexibility index (Phi) is 6.71. The van der Waals surface area contributed by atoms with Crippen molar-refractivity contribution in [3.05, 3.63) is 34.9 Å². The van der Waals surface area contributed by atoms with E-state index >= 15 is 0 Å². The normalized spacial score (nSPS) is 16.6. The predicted molar refractivity (Wildman–Crippen MR) is 89.1 cm³/mol. The number of carbonyl (C=O) groups excluding carboxylic acids is 2. The van der Waals surface area contributed by atoms with Gasteiger partial charge in [-0.15, -0.1) is 0 Å². The summed E-state index contributed by atoms with van der Waals surface area (Å²) < 4.78 is 5.38. The molecule has 1 aromatic carbocycles. The highest BCUT2D eigenvalue weighted by Gasteiger charge is 2.20. The van der Waals surface area contributed by atoms with Gasteiger partial charge in [0.05, 0.1) is 19.1 Å². The van der Waals surface area contributed by atoms with E-state index in [0.29, 0.717) is 17.5 Å². The molecule has 1 aliphatic carbocycles. The van der Waals surface area contributed by atoms with Crippen molar-refractivity contribution in [1.82, 2.24) is 5.32 Å². The van der Waals surface area contributed by atoms with Crippen molar-refractivity contribution in [1.29, 1.82) is 0 Å². The van der Waals surface area contributed by atoms with Gasteiger partial charge in [0.25, 0.3) is 0 Å². The van der Waals surface area contributed by atoms with E-state index in [4.69, 9.17) is 22.1 Å². The molecule has 23 heavy (non-hydrogen) atoms. The maximum atomic E-state index is 12.1. The van der Waals surface area contributed by atoms with Crippen LogP contribution < -0.4 is 11.1 Å². The number of rotatable bonds is 6. The molecule has 0 aromatic heterocycles. The molecule has 0 radical (unpaired) electrons. The van der Waals surface area contributed by atoms with Crippen LogP contribution in [0.5, 0.6) is 0 Å². The van der Waals surface area contributed by atoms with Gasteiger partial charge < -0.3 is 15.8 Å². The van der Waals surface area contributed by atoms with Crippen LogP contribution >= 0.6 is 11.6 Å². The Morgan fingerprint density at radius 3 is 2.48 bits per heavy atom. The van der Waals surface area contributed by atoms with Gasteiger partial charge in [-0.3, -0.25) is 4.79 Å². The fourth-order valence-electron chi connectivity index (χ4n) is 2.91. The number of benzene rings is 1. The summed E-state index contributed by atoms with van der Waals surface area (Å²) in [5.41, 5.74) is 5.97. The highest BCUT2D eigenvalue weighted by molar-refractivity contribution is 6.30. The molecule has 0 aliphatic heterocycles. The summed E-state index contributed by atoms with van der Waals surface area (Å²) in [6.45, 7) is 0.461. The lowest BCUT2D eigenvalue weighted by Gasteiger charge is -2.22. The summed E-state index contributed by atoms with van der Waals surface area (Å²) in [7, 11) is 0. The standard InChI is InChI=1S/C17H23ClN2O3/c18-14-8-6-13(7-9-14)15(20-17(19)22)10-16(21)23-11-12-4-2-1-3-5-12/h6-9,12,15H,1-5,10-11H2,(H3,19,20,22). The van der Waals surface area contributed by atoms with E-state index in [9.17, 15) is 9.59 Å². The summed E-state index contributed by atoms with van der Waals surface area (Å²) >= 11 is 5.86. The molecule has 1 unspecified atom stereocenters. The number of esters is 1. The number of primary amides is 1. The number of nitrogens with two attached hydrogens (primary N) is 1. The fraction of sp³-hybridized carbons (Fsp3) is 0.529. The Hall–Kier alpha value is -1.75. The summed E-state index contributed by atoms with van der Waals surface area (Å²) in [4.78, 5) is 23.2. The SMILES string of the molecule is NC(=O)NC(CC(=O)OCC1CCCCC1)c1ccc(Cl)cc1.